The van der Waals surface area contributed by atoms with E-state index in [4.69, 9.17) is 4.98 Å². The van der Waals surface area contributed by atoms with Gasteiger partial charge in [0.2, 0.25) is 15.9 Å². The van der Waals surface area contributed by atoms with Crippen LogP contribution in [0.4, 0.5) is 5.69 Å². The number of nitrogens with one attached hydrogen (secondary N) is 2. The van der Waals surface area contributed by atoms with Gasteiger partial charge in [-0.2, -0.15) is 9.78 Å². The third-order valence-electron chi connectivity index (χ3n) is 6.66. The van der Waals surface area contributed by atoms with Gasteiger partial charge in [-0.1, -0.05) is 66.7 Å². The molecule has 0 aliphatic heterocycles. The highest BCUT2D eigenvalue weighted by molar-refractivity contribution is 7.89. The van der Waals surface area contributed by atoms with E-state index >= 15 is 0 Å². The fraction of sp³-hybridized carbons (Fsp3) is 0.125. The molecule has 1 atom stereocenters. The maximum absolute atomic E-state index is 13.8. The lowest BCUT2D eigenvalue weighted by Crippen LogP contribution is -2.35. The lowest BCUT2D eigenvalue weighted by molar-refractivity contribution is -0.114. The molecule has 0 fully saturated rings. The van der Waals surface area contributed by atoms with E-state index in [2.05, 4.69) is 15.1 Å². The molecule has 0 saturated heterocycles. The molecule has 0 aliphatic carbocycles. The molecule has 4 aromatic carbocycles. The Bertz CT molecular complexity index is 1940. The normalized spacial score (nSPS) is 12.4. The summed E-state index contributed by atoms with van der Waals surface area (Å²) in [7, 11) is -4.10. The van der Waals surface area contributed by atoms with Crippen molar-refractivity contribution in [3.63, 3.8) is 0 Å². The van der Waals surface area contributed by atoms with E-state index in [1.165, 1.54) is 35.9 Å². The van der Waals surface area contributed by atoms with E-state index in [1.807, 2.05) is 61.5 Å². The van der Waals surface area contributed by atoms with Crippen LogP contribution in [-0.2, 0) is 21.2 Å². The highest BCUT2D eigenvalue weighted by Crippen LogP contribution is 2.23. The zero-order valence-electron chi connectivity index (χ0n) is 23.1. The average molecular weight is 580 g/mol. The Morgan fingerprint density at radius 2 is 1.60 bits per heavy atom. The molecule has 1 unspecified atom stereocenters. The van der Waals surface area contributed by atoms with Gasteiger partial charge in [0.25, 0.3) is 5.56 Å². The number of hydrogen-bond donors (Lipinski definition) is 2. The van der Waals surface area contributed by atoms with Crippen LogP contribution in [0.25, 0.3) is 10.9 Å². The summed E-state index contributed by atoms with van der Waals surface area (Å²) in [6.07, 6.45) is 1.78. The smallest absolute Gasteiger partial charge is 0.282 e. The Labute approximate surface area is 243 Å². The van der Waals surface area contributed by atoms with Gasteiger partial charge < -0.3 is 5.32 Å². The van der Waals surface area contributed by atoms with Crippen molar-refractivity contribution in [2.45, 2.75) is 31.2 Å². The van der Waals surface area contributed by atoms with Crippen LogP contribution in [0, 0.1) is 6.92 Å². The summed E-state index contributed by atoms with van der Waals surface area (Å²) in [6.45, 7) is 3.31. The minimum atomic E-state index is -4.10. The number of aromatic nitrogens is 2. The summed E-state index contributed by atoms with van der Waals surface area (Å²) in [5, 5.41) is 7.52. The van der Waals surface area contributed by atoms with Crippen molar-refractivity contribution in [2.75, 3.05) is 5.32 Å². The van der Waals surface area contributed by atoms with Gasteiger partial charge in [-0.25, -0.2) is 18.1 Å². The Kier molecular flexibility index (Phi) is 8.37. The summed E-state index contributed by atoms with van der Waals surface area (Å²) in [5.41, 5.74) is 3.09. The van der Waals surface area contributed by atoms with Gasteiger partial charge in [0, 0.05) is 12.6 Å². The van der Waals surface area contributed by atoms with Gasteiger partial charge >= 0.3 is 0 Å². The molecule has 5 rings (SSSR count). The third kappa shape index (κ3) is 6.51. The number of carbonyl (C=O) groups is 1. The van der Waals surface area contributed by atoms with Crippen molar-refractivity contribution < 1.29 is 13.2 Å². The second-order valence-corrected chi connectivity index (χ2v) is 11.5. The van der Waals surface area contributed by atoms with Crippen molar-refractivity contribution in [2.24, 2.45) is 5.10 Å². The number of amides is 1. The van der Waals surface area contributed by atoms with Crippen LogP contribution in [0.1, 0.15) is 35.5 Å². The van der Waals surface area contributed by atoms with Gasteiger partial charge in [-0.3, -0.25) is 9.59 Å². The molecular formula is C32H29N5O4S. The quantitative estimate of drug-likeness (QED) is 0.243. The summed E-state index contributed by atoms with van der Waals surface area (Å²) in [5.74, 6) is -0.121. The van der Waals surface area contributed by atoms with Gasteiger partial charge in [-0.15, -0.1) is 0 Å². The Morgan fingerprint density at radius 1 is 0.929 bits per heavy atom. The topological polar surface area (TPSA) is 123 Å². The maximum atomic E-state index is 13.8. The van der Waals surface area contributed by atoms with Gasteiger partial charge in [-0.05, 0) is 66.4 Å². The average Bonchev–Trinajstić information content (AvgIpc) is 2.97. The van der Waals surface area contributed by atoms with E-state index in [9.17, 15) is 18.0 Å². The van der Waals surface area contributed by atoms with Crippen molar-refractivity contribution >= 4 is 38.7 Å². The van der Waals surface area contributed by atoms with Crippen LogP contribution in [-0.4, -0.2) is 30.2 Å². The first-order valence-electron chi connectivity index (χ1n) is 13.3. The minimum Gasteiger partial charge on any atom is -0.326 e. The molecule has 9 nitrogen and oxygen atoms in total. The van der Waals surface area contributed by atoms with Crippen LogP contribution in [0.3, 0.4) is 0 Å². The van der Waals surface area contributed by atoms with Crippen LogP contribution in [0.15, 0.2) is 118 Å². The molecule has 2 N–H and O–H groups in total. The zero-order chi connectivity index (χ0) is 29.7. The van der Waals surface area contributed by atoms with Crippen LogP contribution < -0.4 is 15.6 Å². The first-order chi connectivity index (χ1) is 20.2. The lowest BCUT2D eigenvalue weighted by atomic mass is 10.1. The zero-order valence-corrected chi connectivity index (χ0v) is 23.9. The standard InChI is InChI=1S/C32H29N5O4S/c1-22-10-6-7-13-25(22)21-33-37-31(35-29-15-9-8-14-28(29)32(37)39)30(20-24-11-4-3-5-12-24)36-42(40,41)27-18-16-26(17-19-27)34-23(2)38/h3-19,21,30,36H,20H2,1-2H3,(H,34,38)/b33-21+. The summed E-state index contributed by atoms with van der Waals surface area (Å²) < 4.78 is 31.3. The molecule has 0 bridgehead atoms. The Hall–Kier alpha value is -4.93. The molecule has 5 aromatic rings. The molecule has 212 valence electrons. The first-order valence-corrected chi connectivity index (χ1v) is 14.8. The third-order valence-corrected chi connectivity index (χ3v) is 8.14. The number of nitrogens with zero attached hydrogens (tertiary/aromatic N) is 3. The molecule has 1 heterocycles. The van der Waals surface area contributed by atoms with Crippen molar-refractivity contribution in [3.05, 3.63) is 136 Å². The number of sulfonamides is 1. The van der Waals surface area contributed by atoms with E-state index in [0.29, 0.717) is 16.6 Å². The number of anilines is 1. The van der Waals surface area contributed by atoms with Crippen molar-refractivity contribution in [3.8, 4) is 0 Å². The molecular weight excluding hydrogens is 550 g/mol. The predicted octanol–water partition coefficient (Wildman–Crippen LogP) is 4.81. The number of para-hydroxylation sites is 1. The summed E-state index contributed by atoms with van der Waals surface area (Å²) in [6, 6.07) is 28.7. The van der Waals surface area contributed by atoms with Crippen LogP contribution in [0.5, 0.6) is 0 Å². The number of carbonyl (C=O) groups excluding carboxylic acids is 1. The second kappa shape index (κ2) is 12.3. The molecule has 0 radical (unpaired) electrons. The van der Waals surface area contributed by atoms with Crippen LogP contribution in [0.2, 0.25) is 0 Å². The predicted molar refractivity (Wildman–Crippen MR) is 164 cm³/mol. The molecule has 1 aromatic heterocycles. The summed E-state index contributed by atoms with van der Waals surface area (Å²) >= 11 is 0. The van der Waals surface area contributed by atoms with Gasteiger partial charge in [0.05, 0.1) is 28.1 Å². The van der Waals surface area contributed by atoms with Gasteiger partial charge in [0.1, 0.15) is 0 Å². The SMILES string of the molecule is CC(=O)Nc1ccc(S(=O)(=O)NC(Cc2ccccc2)c2nc3ccccc3c(=O)n2/N=C/c2ccccc2C)cc1. The van der Waals surface area contributed by atoms with Crippen molar-refractivity contribution in [1.29, 1.82) is 0 Å². The lowest BCUT2D eigenvalue weighted by Gasteiger charge is -2.21. The van der Waals surface area contributed by atoms with Gasteiger partial charge in [0.15, 0.2) is 5.82 Å². The Morgan fingerprint density at radius 3 is 2.31 bits per heavy atom. The van der Waals surface area contributed by atoms with E-state index in [0.717, 1.165) is 16.7 Å². The van der Waals surface area contributed by atoms with Crippen LogP contribution >= 0.6 is 0 Å². The molecule has 0 spiro atoms. The highest BCUT2D eigenvalue weighted by atomic mass is 32.2. The minimum absolute atomic E-state index is 0.00670. The first kappa shape index (κ1) is 28.6. The maximum Gasteiger partial charge on any atom is 0.282 e. The number of benzene rings is 4. The van der Waals surface area contributed by atoms with E-state index in [1.54, 1.807) is 30.5 Å². The number of rotatable bonds is 9. The number of hydrogen-bond acceptors (Lipinski definition) is 6. The molecule has 10 heteroatoms. The molecule has 0 saturated carbocycles. The van der Waals surface area contributed by atoms with Crippen molar-refractivity contribution in [1.82, 2.24) is 14.4 Å². The number of aryl methyl sites for hydroxylation is 1. The Balaban J connectivity index is 1.64. The van der Waals surface area contributed by atoms with E-state index < -0.39 is 21.6 Å². The van der Waals surface area contributed by atoms with E-state index in [-0.39, 0.29) is 23.0 Å². The fourth-order valence-electron chi connectivity index (χ4n) is 4.54. The highest BCUT2D eigenvalue weighted by Gasteiger charge is 2.27. The molecule has 1 amide bonds. The summed E-state index contributed by atoms with van der Waals surface area (Å²) in [4.78, 5) is 29.9. The number of fused-ring (bicyclic) bond motifs is 1. The monoisotopic (exact) mass is 579 g/mol. The second-order valence-electron chi connectivity index (χ2n) is 9.77. The largest absolute Gasteiger partial charge is 0.326 e. The fourth-order valence-corrected chi connectivity index (χ4v) is 5.73. The molecule has 0 aliphatic rings. The molecule has 42 heavy (non-hydrogen) atoms.